The third-order valence-electron chi connectivity index (χ3n) is 3.90. The number of rotatable bonds is 5. The number of hydrogen-bond acceptors (Lipinski definition) is 4. The Bertz CT molecular complexity index is 793. The zero-order valence-corrected chi connectivity index (χ0v) is 13.8. The molecule has 0 atom stereocenters. The summed E-state index contributed by atoms with van der Waals surface area (Å²) in [6.45, 7) is 1.08. The quantitative estimate of drug-likeness (QED) is 0.878. The monoisotopic (exact) mass is 366 g/mol. The highest BCUT2D eigenvalue weighted by molar-refractivity contribution is 5.90. The Labute approximate surface area is 148 Å². The van der Waals surface area contributed by atoms with Crippen molar-refractivity contribution in [3.05, 3.63) is 53.3 Å². The molecule has 8 heteroatoms. The minimum absolute atomic E-state index is 0.0197. The van der Waals surface area contributed by atoms with Crippen LogP contribution in [-0.4, -0.2) is 23.9 Å². The van der Waals surface area contributed by atoms with Gasteiger partial charge in [-0.25, -0.2) is 0 Å². The summed E-state index contributed by atoms with van der Waals surface area (Å²) >= 11 is 0. The molecular formula is C18H17F3N2O3. The van der Waals surface area contributed by atoms with Crippen LogP contribution in [0.4, 0.5) is 18.9 Å². The highest BCUT2D eigenvalue weighted by atomic mass is 19.4. The van der Waals surface area contributed by atoms with Crippen LogP contribution in [0.15, 0.2) is 36.5 Å². The first-order valence-corrected chi connectivity index (χ1v) is 8.10. The number of anilines is 1. The summed E-state index contributed by atoms with van der Waals surface area (Å²) in [5.74, 6) is -0.606. The molecular weight excluding hydrogens is 349 g/mol. The zero-order valence-electron chi connectivity index (χ0n) is 13.8. The Balaban J connectivity index is 1.60. The van der Waals surface area contributed by atoms with Gasteiger partial charge in [-0.2, -0.15) is 0 Å². The molecule has 1 amide bonds. The molecule has 0 aliphatic carbocycles. The van der Waals surface area contributed by atoms with Crippen molar-refractivity contribution < 1.29 is 27.4 Å². The second-order valence-corrected chi connectivity index (χ2v) is 5.84. The van der Waals surface area contributed by atoms with Crippen molar-refractivity contribution in [3.8, 4) is 5.75 Å². The lowest BCUT2D eigenvalue weighted by Gasteiger charge is -2.16. The predicted molar refractivity (Wildman–Crippen MR) is 87.7 cm³/mol. The molecule has 1 aromatic heterocycles. The lowest BCUT2D eigenvalue weighted by molar-refractivity contribution is -0.274. The zero-order chi connectivity index (χ0) is 18.6. The summed E-state index contributed by atoms with van der Waals surface area (Å²) < 4.78 is 46.6. The number of nitrogens with one attached hydrogen (secondary N) is 1. The summed E-state index contributed by atoms with van der Waals surface area (Å²) in [7, 11) is 0. The molecule has 3 rings (SSSR count). The van der Waals surface area contributed by atoms with Crippen molar-refractivity contribution in [1.82, 2.24) is 4.98 Å². The van der Waals surface area contributed by atoms with Gasteiger partial charge in [-0.15, -0.1) is 13.2 Å². The topological polar surface area (TPSA) is 60.5 Å². The summed E-state index contributed by atoms with van der Waals surface area (Å²) in [5, 5.41) is 2.71. The van der Waals surface area contributed by atoms with Gasteiger partial charge in [0.05, 0.1) is 25.1 Å². The molecule has 0 radical (unpaired) electrons. The summed E-state index contributed by atoms with van der Waals surface area (Å²) in [6.07, 6.45) is -2.32. The molecule has 2 aromatic rings. The van der Waals surface area contributed by atoms with E-state index in [0.29, 0.717) is 24.5 Å². The number of carbonyl (C=O) groups is 1. The molecule has 1 aliphatic rings. The number of para-hydroxylation sites is 1. The van der Waals surface area contributed by atoms with Gasteiger partial charge in [0, 0.05) is 24.1 Å². The first-order valence-electron chi connectivity index (χ1n) is 8.10. The van der Waals surface area contributed by atoms with Crippen molar-refractivity contribution in [2.24, 2.45) is 0 Å². The van der Waals surface area contributed by atoms with Gasteiger partial charge in [-0.05, 0) is 24.1 Å². The van der Waals surface area contributed by atoms with Crippen LogP contribution in [0.25, 0.3) is 0 Å². The maximum Gasteiger partial charge on any atom is 0.573 e. The maximum atomic E-state index is 12.4. The van der Waals surface area contributed by atoms with Crippen molar-refractivity contribution in [1.29, 1.82) is 0 Å². The number of nitrogens with zero attached hydrogens (tertiary/aromatic N) is 1. The van der Waals surface area contributed by atoms with Crippen molar-refractivity contribution in [3.63, 3.8) is 0 Å². The van der Waals surface area contributed by atoms with Crippen molar-refractivity contribution in [2.75, 3.05) is 11.9 Å². The van der Waals surface area contributed by atoms with Crippen LogP contribution in [0.3, 0.4) is 0 Å². The van der Waals surface area contributed by atoms with Gasteiger partial charge in [-0.3, -0.25) is 9.78 Å². The number of amides is 1. The van der Waals surface area contributed by atoms with E-state index >= 15 is 0 Å². The summed E-state index contributed by atoms with van der Waals surface area (Å²) in [6, 6.07) is 7.59. The summed E-state index contributed by atoms with van der Waals surface area (Å²) in [5.41, 5.74) is 2.74. The molecule has 138 valence electrons. The number of hydrogen-bond donors (Lipinski definition) is 1. The fourth-order valence-electron chi connectivity index (χ4n) is 2.71. The van der Waals surface area contributed by atoms with E-state index in [1.54, 1.807) is 18.3 Å². The molecule has 0 fully saturated rings. The van der Waals surface area contributed by atoms with Gasteiger partial charge in [0.15, 0.2) is 0 Å². The third-order valence-corrected chi connectivity index (χ3v) is 3.90. The number of alkyl halides is 3. The van der Waals surface area contributed by atoms with E-state index in [4.69, 9.17) is 4.74 Å². The minimum Gasteiger partial charge on any atom is -0.406 e. The number of halogens is 3. The van der Waals surface area contributed by atoms with E-state index in [-0.39, 0.29) is 24.5 Å². The van der Waals surface area contributed by atoms with Crippen LogP contribution in [0.5, 0.6) is 5.75 Å². The lowest BCUT2D eigenvalue weighted by Crippen LogP contribution is -2.19. The fraction of sp³-hybridized carbons (Fsp3) is 0.333. The van der Waals surface area contributed by atoms with Gasteiger partial charge < -0.3 is 14.8 Å². The largest absolute Gasteiger partial charge is 0.573 e. The van der Waals surface area contributed by atoms with Crippen LogP contribution in [0.1, 0.15) is 23.2 Å². The van der Waals surface area contributed by atoms with Crippen molar-refractivity contribution >= 4 is 11.6 Å². The average molecular weight is 366 g/mol. The second kappa shape index (κ2) is 7.74. The maximum absolute atomic E-state index is 12.4. The standard InChI is InChI=1S/C18H17F3N2O3/c19-18(20,21)26-16-4-2-1-3-12(16)5-6-17(24)23-14-9-13-11-25-8-7-15(13)22-10-14/h1-4,9-10H,5-8,11H2,(H,23,24). The molecule has 0 saturated carbocycles. The normalized spacial score (nSPS) is 13.8. The molecule has 0 bridgehead atoms. The number of aryl methyl sites for hydroxylation is 1. The number of aromatic nitrogens is 1. The Morgan fingerprint density at radius 3 is 2.92 bits per heavy atom. The van der Waals surface area contributed by atoms with E-state index in [2.05, 4.69) is 15.0 Å². The third kappa shape index (κ3) is 4.95. The van der Waals surface area contributed by atoms with E-state index in [1.165, 1.54) is 18.2 Å². The molecule has 0 spiro atoms. The van der Waals surface area contributed by atoms with Gasteiger partial charge >= 0.3 is 6.36 Å². The second-order valence-electron chi connectivity index (χ2n) is 5.84. The number of benzene rings is 1. The van der Waals surface area contributed by atoms with Crippen LogP contribution >= 0.6 is 0 Å². The molecule has 0 saturated heterocycles. The van der Waals surface area contributed by atoms with Gasteiger partial charge in [0.25, 0.3) is 0 Å². The lowest BCUT2D eigenvalue weighted by atomic mass is 10.1. The first kappa shape index (κ1) is 18.2. The van der Waals surface area contributed by atoms with Crippen LogP contribution < -0.4 is 10.1 Å². The Morgan fingerprint density at radius 1 is 1.31 bits per heavy atom. The Morgan fingerprint density at radius 2 is 2.12 bits per heavy atom. The number of pyridine rings is 1. The molecule has 0 unspecified atom stereocenters. The average Bonchev–Trinajstić information content (AvgIpc) is 2.59. The predicted octanol–water partition coefficient (Wildman–Crippen LogP) is 3.62. The summed E-state index contributed by atoms with van der Waals surface area (Å²) in [4.78, 5) is 16.4. The molecule has 26 heavy (non-hydrogen) atoms. The molecule has 5 nitrogen and oxygen atoms in total. The number of fused-ring (bicyclic) bond motifs is 1. The van der Waals surface area contributed by atoms with Crippen LogP contribution in [-0.2, 0) is 29.0 Å². The molecule has 2 heterocycles. The molecule has 1 aromatic carbocycles. The highest BCUT2D eigenvalue weighted by Crippen LogP contribution is 2.27. The van der Waals surface area contributed by atoms with Gasteiger partial charge in [0.1, 0.15) is 5.75 Å². The first-order chi connectivity index (χ1) is 12.4. The van der Waals surface area contributed by atoms with E-state index in [0.717, 1.165) is 17.7 Å². The fourth-order valence-corrected chi connectivity index (χ4v) is 2.71. The Kier molecular flexibility index (Phi) is 5.41. The van der Waals surface area contributed by atoms with Gasteiger partial charge in [0.2, 0.25) is 5.91 Å². The van der Waals surface area contributed by atoms with E-state index in [9.17, 15) is 18.0 Å². The minimum atomic E-state index is -4.77. The Hall–Kier alpha value is -2.61. The van der Waals surface area contributed by atoms with Gasteiger partial charge in [-0.1, -0.05) is 18.2 Å². The van der Waals surface area contributed by atoms with Crippen LogP contribution in [0, 0.1) is 0 Å². The number of ether oxygens (including phenoxy) is 2. The smallest absolute Gasteiger partial charge is 0.406 e. The highest BCUT2D eigenvalue weighted by Gasteiger charge is 2.31. The van der Waals surface area contributed by atoms with Crippen molar-refractivity contribution in [2.45, 2.75) is 32.2 Å². The van der Waals surface area contributed by atoms with Crippen LogP contribution in [0.2, 0.25) is 0 Å². The molecule has 1 aliphatic heterocycles. The number of carbonyl (C=O) groups excluding carboxylic acids is 1. The van der Waals surface area contributed by atoms with E-state index < -0.39 is 6.36 Å². The SMILES string of the molecule is O=C(CCc1ccccc1OC(F)(F)F)Nc1cnc2c(c1)COCC2. The van der Waals surface area contributed by atoms with E-state index in [1.807, 2.05) is 0 Å². The molecule has 1 N–H and O–H groups in total.